The summed E-state index contributed by atoms with van der Waals surface area (Å²) in [6, 6.07) is 6.79. The average Bonchev–Trinajstić information content (AvgIpc) is 2.21. The van der Waals surface area contributed by atoms with Crippen molar-refractivity contribution in [2.45, 2.75) is 46.2 Å². The van der Waals surface area contributed by atoms with Gasteiger partial charge in [0.15, 0.2) is 0 Å². The van der Waals surface area contributed by atoms with Gasteiger partial charge in [-0.25, -0.2) is 0 Å². The molecule has 1 aromatic carbocycles. The van der Waals surface area contributed by atoms with Crippen molar-refractivity contribution in [3.05, 3.63) is 34.9 Å². The quantitative estimate of drug-likeness (QED) is 0.762. The number of nitrogens with one attached hydrogen (secondary N) is 1. The lowest BCUT2D eigenvalue weighted by Crippen LogP contribution is -2.39. The molecule has 16 heavy (non-hydrogen) atoms. The Balaban J connectivity index is 2.93. The zero-order valence-electron chi connectivity index (χ0n) is 10.9. The van der Waals surface area contributed by atoms with Gasteiger partial charge in [-0.3, -0.25) is 5.32 Å². The Morgan fingerprint density at radius 3 is 2.50 bits per heavy atom. The van der Waals surface area contributed by atoms with E-state index in [1.54, 1.807) is 0 Å². The van der Waals surface area contributed by atoms with Crippen molar-refractivity contribution in [1.29, 1.82) is 0 Å². The van der Waals surface area contributed by atoms with E-state index in [-0.39, 0.29) is 11.6 Å². The van der Waals surface area contributed by atoms with E-state index >= 15 is 0 Å². The minimum absolute atomic E-state index is 0.268. The molecule has 0 spiro atoms. The highest BCUT2D eigenvalue weighted by atomic mass is 15.0. The van der Waals surface area contributed by atoms with Crippen LogP contribution in [0.25, 0.3) is 0 Å². The molecule has 0 aliphatic rings. The Labute approximate surface area is 99.3 Å². The molecule has 0 aromatic heterocycles. The number of hydrogen-bond acceptors (Lipinski definition) is 1. The summed E-state index contributed by atoms with van der Waals surface area (Å²) in [6.45, 7) is 10.4. The summed E-state index contributed by atoms with van der Waals surface area (Å²) in [5.74, 6) is 2.76. The molecule has 1 rings (SSSR count). The first-order valence-electron chi connectivity index (χ1n) is 5.68. The zero-order valence-corrected chi connectivity index (χ0v) is 10.9. The fraction of sp³-hybridized carbons (Fsp3) is 0.467. The highest BCUT2D eigenvalue weighted by Gasteiger charge is 2.18. The van der Waals surface area contributed by atoms with E-state index in [1.165, 1.54) is 16.7 Å². The van der Waals surface area contributed by atoms with E-state index in [0.717, 1.165) is 0 Å². The monoisotopic (exact) mass is 215 g/mol. The molecule has 0 aliphatic heterocycles. The van der Waals surface area contributed by atoms with Crippen molar-refractivity contribution in [2.75, 3.05) is 0 Å². The maximum absolute atomic E-state index is 5.49. The van der Waals surface area contributed by atoms with Crippen molar-refractivity contribution < 1.29 is 0 Å². The number of rotatable bonds is 3. The first kappa shape index (κ1) is 12.8. The molecule has 1 unspecified atom stereocenters. The lowest BCUT2D eigenvalue weighted by molar-refractivity contribution is 0.430. The summed E-state index contributed by atoms with van der Waals surface area (Å²) >= 11 is 0. The van der Waals surface area contributed by atoms with Crippen molar-refractivity contribution in [2.24, 2.45) is 0 Å². The lowest BCUT2D eigenvalue weighted by atomic mass is 9.97. The van der Waals surface area contributed by atoms with Crippen LogP contribution in [0.1, 0.15) is 43.5 Å². The SMILES string of the molecule is C#CC(C)(C)NC(C)c1cc(C)ccc1C. The Morgan fingerprint density at radius 1 is 1.31 bits per heavy atom. The Morgan fingerprint density at radius 2 is 1.94 bits per heavy atom. The lowest BCUT2D eigenvalue weighted by Gasteiger charge is -2.26. The van der Waals surface area contributed by atoms with Crippen LogP contribution in [0.4, 0.5) is 0 Å². The fourth-order valence-electron chi connectivity index (χ4n) is 1.89. The third-order valence-corrected chi connectivity index (χ3v) is 2.84. The predicted molar refractivity (Wildman–Crippen MR) is 70.4 cm³/mol. The van der Waals surface area contributed by atoms with Gasteiger partial charge in [-0.15, -0.1) is 6.42 Å². The van der Waals surface area contributed by atoms with Crippen LogP contribution in [0.15, 0.2) is 18.2 Å². The van der Waals surface area contributed by atoms with Crippen molar-refractivity contribution in [3.8, 4) is 12.3 Å². The van der Waals surface area contributed by atoms with Crippen LogP contribution in [0, 0.1) is 26.2 Å². The van der Waals surface area contributed by atoms with E-state index in [4.69, 9.17) is 6.42 Å². The van der Waals surface area contributed by atoms with Gasteiger partial charge < -0.3 is 0 Å². The van der Waals surface area contributed by atoms with Crippen molar-refractivity contribution in [3.63, 3.8) is 0 Å². The number of aryl methyl sites for hydroxylation is 2. The van der Waals surface area contributed by atoms with Crippen LogP contribution in [0.3, 0.4) is 0 Å². The molecular formula is C15H21N. The average molecular weight is 215 g/mol. The van der Waals surface area contributed by atoms with Gasteiger partial charge in [-0.2, -0.15) is 0 Å². The molecule has 1 N–H and O–H groups in total. The van der Waals surface area contributed by atoms with E-state index < -0.39 is 0 Å². The Kier molecular flexibility index (Phi) is 3.78. The van der Waals surface area contributed by atoms with Gasteiger partial charge in [0.2, 0.25) is 0 Å². The van der Waals surface area contributed by atoms with Gasteiger partial charge in [-0.05, 0) is 45.7 Å². The molecule has 0 saturated heterocycles. The second-order valence-electron chi connectivity index (χ2n) is 5.00. The molecule has 1 nitrogen and oxygen atoms in total. The first-order valence-corrected chi connectivity index (χ1v) is 5.68. The molecule has 0 saturated carbocycles. The minimum atomic E-state index is -0.268. The maximum atomic E-state index is 5.49. The van der Waals surface area contributed by atoms with E-state index in [0.29, 0.717) is 0 Å². The second-order valence-corrected chi connectivity index (χ2v) is 5.00. The smallest absolute Gasteiger partial charge is 0.0745 e. The first-order chi connectivity index (χ1) is 7.35. The summed E-state index contributed by atoms with van der Waals surface area (Å²) in [5.41, 5.74) is 3.64. The summed E-state index contributed by atoms with van der Waals surface area (Å²) in [4.78, 5) is 0. The van der Waals surface area contributed by atoms with E-state index in [9.17, 15) is 0 Å². The van der Waals surface area contributed by atoms with Gasteiger partial charge in [0.1, 0.15) is 0 Å². The molecule has 0 fully saturated rings. The molecule has 0 heterocycles. The van der Waals surface area contributed by atoms with Crippen LogP contribution in [-0.4, -0.2) is 5.54 Å². The van der Waals surface area contributed by atoms with Gasteiger partial charge in [0.25, 0.3) is 0 Å². The summed E-state index contributed by atoms with van der Waals surface area (Å²) in [6.07, 6.45) is 5.49. The predicted octanol–water partition coefficient (Wildman–Crippen LogP) is 3.37. The summed E-state index contributed by atoms with van der Waals surface area (Å²) < 4.78 is 0. The molecule has 0 amide bonds. The van der Waals surface area contributed by atoms with Gasteiger partial charge >= 0.3 is 0 Å². The van der Waals surface area contributed by atoms with Crippen LogP contribution in [0.5, 0.6) is 0 Å². The highest BCUT2D eigenvalue weighted by molar-refractivity contribution is 5.33. The van der Waals surface area contributed by atoms with E-state index in [2.05, 4.69) is 50.2 Å². The molecule has 0 radical (unpaired) electrons. The van der Waals surface area contributed by atoms with Gasteiger partial charge in [-0.1, -0.05) is 29.7 Å². The minimum Gasteiger partial charge on any atom is -0.295 e. The largest absolute Gasteiger partial charge is 0.295 e. The fourth-order valence-corrected chi connectivity index (χ4v) is 1.89. The molecule has 1 atom stereocenters. The van der Waals surface area contributed by atoms with Crippen LogP contribution in [-0.2, 0) is 0 Å². The van der Waals surface area contributed by atoms with E-state index in [1.807, 2.05) is 13.8 Å². The molecule has 0 aliphatic carbocycles. The van der Waals surface area contributed by atoms with Crippen LogP contribution < -0.4 is 5.32 Å². The summed E-state index contributed by atoms with van der Waals surface area (Å²) in [5, 5.41) is 3.45. The molecule has 1 heteroatoms. The maximum Gasteiger partial charge on any atom is 0.0745 e. The Hall–Kier alpha value is -1.26. The number of hydrogen-bond donors (Lipinski definition) is 1. The zero-order chi connectivity index (χ0) is 12.3. The molecule has 0 bridgehead atoms. The number of terminal acetylenes is 1. The van der Waals surface area contributed by atoms with Gasteiger partial charge in [0.05, 0.1) is 5.54 Å². The standard InChI is InChI=1S/C15H21N/c1-7-15(5,6)16-13(4)14-10-11(2)8-9-12(14)3/h1,8-10,13,16H,2-6H3. The van der Waals surface area contributed by atoms with Crippen LogP contribution >= 0.6 is 0 Å². The molecule has 86 valence electrons. The third kappa shape index (κ3) is 3.12. The normalized spacial score (nSPS) is 13.2. The second kappa shape index (κ2) is 4.72. The van der Waals surface area contributed by atoms with Crippen molar-refractivity contribution in [1.82, 2.24) is 5.32 Å². The molecular weight excluding hydrogens is 194 g/mol. The van der Waals surface area contributed by atoms with Gasteiger partial charge in [0, 0.05) is 6.04 Å². The third-order valence-electron chi connectivity index (χ3n) is 2.84. The van der Waals surface area contributed by atoms with Crippen LogP contribution in [0.2, 0.25) is 0 Å². The van der Waals surface area contributed by atoms with Crippen molar-refractivity contribution >= 4 is 0 Å². The highest BCUT2D eigenvalue weighted by Crippen LogP contribution is 2.21. The Bertz CT molecular complexity index is 410. The number of benzene rings is 1. The summed E-state index contributed by atoms with van der Waals surface area (Å²) in [7, 11) is 0. The topological polar surface area (TPSA) is 12.0 Å². The molecule has 1 aromatic rings.